The van der Waals surface area contributed by atoms with Crippen molar-refractivity contribution in [2.75, 3.05) is 19.6 Å². The first kappa shape index (κ1) is 17.9. The number of aromatic nitrogens is 3. The summed E-state index contributed by atoms with van der Waals surface area (Å²) < 4.78 is 2.00. The summed E-state index contributed by atoms with van der Waals surface area (Å²) >= 11 is 1.81. The molecular formula is C18H28N6S. The van der Waals surface area contributed by atoms with Crippen LogP contribution in [0, 0.1) is 12.3 Å². The first-order chi connectivity index (χ1) is 11.9. The fourth-order valence-corrected chi connectivity index (χ4v) is 3.76. The molecule has 0 spiro atoms. The first-order valence-corrected chi connectivity index (χ1v) is 9.73. The fraction of sp³-hybridized carbons (Fsp3) is 0.611. The molecule has 3 heterocycles. The van der Waals surface area contributed by atoms with E-state index < -0.39 is 0 Å². The number of thiophene rings is 1. The van der Waals surface area contributed by atoms with E-state index >= 15 is 0 Å². The molecule has 7 heteroatoms. The Morgan fingerprint density at radius 2 is 2.24 bits per heavy atom. The Morgan fingerprint density at radius 1 is 1.40 bits per heavy atom. The molecule has 0 aliphatic carbocycles. The van der Waals surface area contributed by atoms with Crippen LogP contribution in [-0.2, 0) is 20.0 Å². The highest BCUT2D eigenvalue weighted by molar-refractivity contribution is 7.09. The molecule has 1 N–H and O–H groups in total. The summed E-state index contributed by atoms with van der Waals surface area (Å²) in [4.78, 5) is 8.62. The summed E-state index contributed by atoms with van der Waals surface area (Å²) in [6, 6.07) is 4.29. The number of aliphatic imine (C=N–C) groups is 1. The second-order valence-electron chi connectivity index (χ2n) is 7.45. The molecule has 6 nitrogen and oxygen atoms in total. The van der Waals surface area contributed by atoms with Gasteiger partial charge in [0, 0.05) is 31.6 Å². The summed E-state index contributed by atoms with van der Waals surface area (Å²) in [5.74, 6) is 2.80. The van der Waals surface area contributed by atoms with Crippen LogP contribution in [0.5, 0.6) is 0 Å². The average molecular weight is 361 g/mol. The molecule has 1 aliphatic rings. The van der Waals surface area contributed by atoms with E-state index in [-0.39, 0.29) is 0 Å². The van der Waals surface area contributed by atoms with E-state index in [1.54, 1.807) is 11.3 Å². The van der Waals surface area contributed by atoms with Gasteiger partial charge in [-0.25, -0.2) is 4.99 Å². The zero-order valence-corrected chi connectivity index (χ0v) is 16.4. The first-order valence-electron chi connectivity index (χ1n) is 8.85. The maximum absolute atomic E-state index is 4.85. The third-order valence-corrected chi connectivity index (χ3v) is 5.70. The van der Waals surface area contributed by atoms with E-state index in [0.29, 0.717) is 12.0 Å². The lowest BCUT2D eigenvalue weighted by atomic mass is 9.93. The molecule has 1 saturated heterocycles. The predicted octanol–water partition coefficient (Wildman–Crippen LogP) is 2.61. The second-order valence-corrected chi connectivity index (χ2v) is 8.49. The minimum absolute atomic E-state index is 0.345. The van der Waals surface area contributed by atoms with Crippen LogP contribution in [0.1, 0.15) is 36.8 Å². The number of rotatable bonds is 5. The molecule has 0 unspecified atom stereocenters. The van der Waals surface area contributed by atoms with Crippen molar-refractivity contribution < 1.29 is 0 Å². The van der Waals surface area contributed by atoms with Crippen molar-refractivity contribution in [3.63, 3.8) is 0 Å². The molecule has 25 heavy (non-hydrogen) atoms. The Hall–Kier alpha value is -1.89. The zero-order valence-electron chi connectivity index (χ0n) is 15.6. The van der Waals surface area contributed by atoms with Crippen molar-refractivity contribution in [2.24, 2.45) is 17.5 Å². The van der Waals surface area contributed by atoms with Crippen molar-refractivity contribution in [3.05, 3.63) is 34.0 Å². The smallest absolute Gasteiger partial charge is 0.194 e. The highest BCUT2D eigenvalue weighted by atomic mass is 32.1. The zero-order chi connectivity index (χ0) is 17.9. The van der Waals surface area contributed by atoms with Gasteiger partial charge in [0.2, 0.25) is 0 Å². The third-order valence-electron chi connectivity index (χ3n) is 4.76. The molecule has 0 bridgehead atoms. The average Bonchev–Trinajstić information content (AvgIpc) is 3.27. The Bertz CT molecular complexity index is 716. The molecule has 1 fully saturated rings. The largest absolute Gasteiger partial charge is 0.356 e. The Balaban J connectivity index is 1.67. The standard InChI is InChI=1S/C18H28N6S/c1-14-21-22-16(23(14)4)12-20-17(24-10-8-18(2,3)13-24)19-9-7-15-6-5-11-25-15/h5-6,11H,7-10,12-13H2,1-4H3,(H,19,20). The van der Waals surface area contributed by atoms with Crippen LogP contribution in [0.2, 0.25) is 0 Å². The van der Waals surface area contributed by atoms with Gasteiger partial charge in [0.05, 0.1) is 0 Å². The number of nitrogens with zero attached hydrogens (tertiary/aromatic N) is 5. The second kappa shape index (κ2) is 7.56. The van der Waals surface area contributed by atoms with Crippen molar-refractivity contribution in [3.8, 4) is 0 Å². The molecule has 0 saturated carbocycles. The van der Waals surface area contributed by atoms with Crippen molar-refractivity contribution in [1.82, 2.24) is 25.0 Å². The van der Waals surface area contributed by atoms with Crippen LogP contribution < -0.4 is 5.32 Å². The minimum Gasteiger partial charge on any atom is -0.356 e. The van der Waals surface area contributed by atoms with Gasteiger partial charge in [-0.15, -0.1) is 21.5 Å². The van der Waals surface area contributed by atoms with Crippen LogP contribution >= 0.6 is 11.3 Å². The number of hydrogen-bond acceptors (Lipinski definition) is 4. The normalized spacial score (nSPS) is 17.3. The highest BCUT2D eigenvalue weighted by Gasteiger charge is 2.31. The van der Waals surface area contributed by atoms with Crippen LogP contribution in [0.3, 0.4) is 0 Å². The molecule has 0 aromatic carbocycles. The van der Waals surface area contributed by atoms with Crippen LogP contribution in [0.4, 0.5) is 0 Å². The number of hydrogen-bond donors (Lipinski definition) is 1. The van der Waals surface area contributed by atoms with Crippen molar-refractivity contribution in [1.29, 1.82) is 0 Å². The number of nitrogens with one attached hydrogen (secondary N) is 1. The van der Waals surface area contributed by atoms with Gasteiger partial charge < -0.3 is 14.8 Å². The summed E-state index contributed by atoms with van der Waals surface area (Å²) in [6.07, 6.45) is 2.22. The van der Waals surface area contributed by atoms with E-state index in [0.717, 1.165) is 43.7 Å². The maximum atomic E-state index is 4.85. The molecule has 136 valence electrons. The SMILES string of the molecule is Cc1nnc(CN=C(NCCc2cccs2)N2CCC(C)(C)C2)n1C. The molecule has 3 rings (SSSR count). The lowest BCUT2D eigenvalue weighted by Crippen LogP contribution is -2.41. The van der Waals surface area contributed by atoms with Gasteiger partial charge in [-0.2, -0.15) is 0 Å². The molecule has 0 atom stereocenters. The predicted molar refractivity (Wildman–Crippen MR) is 103 cm³/mol. The van der Waals surface area contributed by atoms with E-state index in [2.05, 4.69) is 51.8 Å². The summed E-state index contributed by atoms with van der Waals surface area (Å²) in [7, 11) is 1.99. The van der Waals surface area contributed by atoms with Crippen LogP contribution in [0.15, 0.2) is 22.5 Å². The third kappa shape index (κ3) is 4.60. The molecule has 2 aromatic rings. The maximum Gasteiger partial charge on any atom is 0.194 e. The Morgan fingerprint density at radius 3 is 2.84 bits per heavy atom. The molecule has 2 aromatic heterocycles. The van der Waals surface area contributed by atoms with E-state index in [1.165, 1.54) is 11.3 Å². The summed E-state index contributed by atoms with van der Waals surface area (Å²) in [6.45, 7) is 10.1. The lowest BCUT2D eigenvalue weighted by molar-refractivity contribution is 0.369. The van der Waals surface area contributed by atoms with Gasteiger partial charge in [0.1, 0.15) is 12.4 Å². The van der Waals surface area contributed by atoms with E-state index in [4.69, 9.17) is 4.99 Å². The van der Waals surface area contributed by atoms with Crippen LogP contribution in [-0.4, -0.2) is 45.3 Å². The van der Waals surface area contributed by atoms with Crippen molar-refractivity contribution >= 4 is 17.3 Å². The Kier molecular flexibility index (Phi) is 5.42. The monoisotopic (exact) mass is 360 g/mol. The summed E-state index contributed by atoms with van der Waals surface area (Å²) in [5.41, 5.74) is 0.345. The molecule has 0 radical (unpaired) electrons. The number of likely N-dealkylation sites (tertiary alicyclic amines) is 1. The number of aryl methyl sites for hydroxylation is 1. The molecule has 0 amide bonds. The topological polar surface area (TPSA) is 58.3 Å². The van der Waals surface area contributed by atoms with Gasteiger partial charge in [0.25, 0.3) is 0 Å². The van der Waals surface area contributed by atoms with E-state index in [9.17, 15) is 0 Å². The molecular weight excluding hydrogens is 332 g/mol. The van der Waals surface area contributed by atoms with E-state index in [1.807, 2.05) is 18.5 Å². The number of guanidine groups is 1. The lowest BCUT2D eigenvalue weighted by Gasteiger charge is -2.24. The Labute approximate surface area is 154 Å². The minimum atomic E-state index is 0.345. The molecule has 1 aliphatic heterocycles. The van der Waals surface area contributed by atoms with Crippen LogP contribution in [0.25, 0.3) is 0 Å². The van der Waals surface area contributed by atoms with Crippen molar-refractivity contribution in [2.45, 2.75) is 40.2 Å². The fourth-order valence-electron chi connectivity index (χ4n) is 3.05. The quantitative estimate of drug-likeness (QED) is 0.658. The summed E-state index contributed by atoms with van der Waals surface area (Å²) in [5, 5.41) is 14.0. The van der Waals surface area contributed by atoms with Gasteiger partial charge in [-0.05, 0) is 36.6 Å². The van der Waals surface area contributed by atoms with Gasteiger partial charge in [-0.3, -0.25) is 0 Å². The van der Waals surface area contributed by atoms with Gasteiger partial charge >= 0.3 is 0 Å². The highest BCUT2D eigenvalue weighted by Crippen LogP contribution is 2.28. The van der Waals surface area contributed by atoms with Gasteiger partial charge in [0.15, 0.2) is 11.8 Å². The van der Waals surface area contributed by atoms with Gasteiger partial charge in [-0.1, -0.05) is 19.9 Å².